The number of hydrogen-bond donors (Lipinski definition) is 0. The third-order valence-electron chi connectivity index (χ3n) is 7.68. The van der Waals surface area contributed by atoms with Gasteiger partial charge in [0, 0.05) is 33.6 Å². The summed E-state index contributed by atoms with van der Waals surface area (Å²) in [5, 5.41) is 3.02. The Morgan fingerprint density at radius 1 is 0.860 bits per heavy atom. The number of carbonyl (C=O) groups excluding carboxylic acids is 2. The first-order valence-corrected chi connectivity index (χ1v) is 15.5. The highest BCUT2D eigenvalue weighted by Crippen LogP contribution is 2.41. The standard InChI is InChI=1S/C35H27Cl2FN2O2S/c36-27-12-15-29(31(37)20-27)34-30-17-19-43-32(30)16-18-40(34)33(41)22-39(21-23-6-13-28(38)14-7-23)35(42)26-10-8-25(9-11-26)24-4-2-1-3-5-24/h1-15,17,19-20,34H,16,18,21-22H2. The van der Waals surface area contributed by atoms with E-state index in [0.717, 1.165) is 27.8 Å². The van der Waals surface area contributed by atoms with Crippen LogP contribution in [0.4, 0.5) is 4.39 Å². The van der Waals surface area contributed by atoms with Gasteiger partial charge < -0.3 is 9.80 Å². The molecule has 0 radical (unpaired) electrons. The maximum Gasteiger partial charge on any atom is 0.254 e. The molecule has 2 heterocycles. The first kappa shape index (κ1) is 29.1. The van der Waals surface area contributed by atoms with E-state index in [-0.39, 0.29) is 30.7 Å². The van der Waals surface area contributed by atoms with Crippen LogP contribution in [0.15, 0.2) is 109 Å². The number of fused-ring (bicyclic) bond motifs is 1. The lowest BCUT2D eigenvalue weighted by Gasteiger charge is -2.38. The Labute approximate surface area is 263 Å². The predicted octanol–water partition coefficient (Wildman–Crippen LogP) is 8.68. The minimum absolute atomic E-state index is 0.148. The summed E-state index contributed by atoms with van der Waals surface area (Å²) >= 11 is 14.5. The lowest BCUT2D eigenvalue weighted by Crippen LogP contribution is -2.46. The average Bonchev–Trinajstić information content (AvgIpc) is 3.51. The molecule has 1 unspecified atom stereocenters. The molecular formula is C35H27Cl2FN2O2S. The fourth-order valence-corrected chi connectivity index (χ4v) is 6.94. The predicted molar refractivity (Wildman–Crippen MR) is 171 cm³/mol. The lowest BCUT2D eigenvalue weighted by atomic mass is 9.93. The Kier molecular flexibility index (Phi) is 8.61. The molecule has 0 spiro atoms. The molecule has 4 aromatic carbocycles. The summed E-state index contributed by atoms with van der Waals surface area (Å²) in [6.45, 7) is 0.480. The van der Waals surface area contributed by atoms with Gasteiger partial charge in [0.15, 0.2) is 0 Å². The van der Waals surface area contributed by atoms with E-state index in [2.05, 4.69) is 0 Å². The molecule has 4 nitrogen and oxygen atoms in total. The molecule has 0 saturated carbocycles. The van der Waals surface area contributed by atoms with E-state index < -0.39 is 6.04 Å². The molecule has 8 heteroatoms. The van der Waals surface area contributed by atoms with Gasteiger partial charge in [-0.05, 0) is 82.1 Å². The van der Waals surface area contributed by atoms with Crippen LogP contribution in [0.25, 0.3) is 11.1 Å². The molecule has 216 valence electrons. The molecule has 0 fully saturated rings. The van der Waals surface area contributed by atoms with Crippen LogP contribution in [0.3, 0.4) is 0 Å². The van der Waals surface area contributed by atoms with Crippen LogP contribution in [0.5, 0.6) is 0 Å². The minimum Gasteiger partial charge on any atom is -0.330 e. The van der Waals surface area contributed by atoms with Gasteiger partial charge in [-0.15, -0.1) is 11.3 Å². The molecule has 1 aliphatic rings. The van der Waals surface area contributed by atoms with Crippen molar-refractivity contribution in [1.82, 2.24) is 9.80 Å². The number of carbonyl (C=O) groups is 2. The van der Waals surface area contributed by atoms with Crippen LogP contribution in [0.1, 0.15) is 38.0 Å². The third kappa shape index (κ3) is 6.37. The van der Waals surface area contributed by atoms with Gasteiger partial charge in [-0.3, -0.25) is 9.59 Å². The van der Waals surface area contributed by atoms with E-state index in [4.69, 9.17) is 23.2 Å². The van der Waals surface area contributed by atoms with Gasteiger partial charge >= 0.3 is 0 Å². The van der Waals surface area contributed by atoms with Gasteiger partial charge in [0.05, 0.1) is 6.04 Å². The largest absolute Gasteiger partial charge is 0.330 e. The van der Waals surface area contributed by atoms with E-state index in [1.807, 2.05) is 60.0 Å². The zero-order valence-corrected chi connectivity index (χ0v) is 25.4. The molecule has 1 aliphatic heterocycles. The minimum atomic E-state index is -0.403. The number of amides is 2. The monoisotopic (exact) mass is 628 g/mol. The Morgan fingerprint density at radius 3 is 2.30 bits per heavy atom. The van der Waals surface area contributed by atoms with Crippen molar-refractivity contribution in [3.05, 3.63) is 152 Å². The number of nitrogens with zero attached hydrogens (tertiary/aromatic N) is 2. The number of rotatable bonds is 7. The van der Waals surface area contributed by atoms with E-state index in [1.54, 1.807) is 52.6 Å². The van der Waals surface area contributed by atoms with Crippen LogP contribution in [0.2, 0.25) is 10.0 Å². The topological polar surface area (TPSA) is 40.6 Å². The first-order chi connectivity index (χ1) is 20.9. The second kappa shape index (κ2) is 12.7. The quantitative estimate of drug-likeness (QED) is 0.181. The summed E-state index contributed by atoms with van der Waals surface area (Å²) < 4.78 is 13.7. The van der Waals surface area contributed by atoms with Crippen LogP contribution in [-0.2, 0) is 17.8 Å². The Balaban J connectivity index is 1.31. The molecule has 1 atom stereocenters. The van der Waals surface area contributed by atoms with Crippen LogP contribution >= 0.6 is 34.5 Å². The van der Waals surface area contributed by atoms with E-state index in [0.29, 0.717) is 28.6 Å². The summed E-state index contributed by atoms with van der Waals surface area (Å²) in [5.41, 5.74) is 5.03. The molecule has 0 aliphatic carbocycles. The first-order valence-electron chi connectivity index (χ1n) is 13.9. The third-order valence-corrected chi connectivity index (χ3v) is 9.24. The van der Waals surface area contributed by atoms with Gasteiger partial charge in [-0.1, -0.05) is 83.9 Å². The van der Waals surface area contributed by atoms with E-state index in [9.17, 15) is 14.0 Å². The molecule has 0 bridgehead atoms. The maximum absolute atomic E-state index is 14.1. The highest BCUT2D eigenvalue weighted by molar-refractivity contribution is 7.10. The smallest absolute Gasteiger partial charge is 0.254 e. The van der Waals surface area contributed by atoms with Crippen molar-refractivity contribution in [1.29, 1.82) is 0 Å². The van der Waals surface area contributed by atoms with Gasteiger partial charge in [0.25, 0.3) is 5.91 Å². The zero-order valence-electron chi connectivity index (χ0n) is 23.1. The van der Waals surface area contributed by atoms with Crippen LogP contribution in [-0.4, -0.2) is 34.7 Å². The Morgan fingerprint density at radius 2 is 1.58 bits per heavy atom. The maximum atomic E-state index is 14.1. The fourth-order valence-electron chi connectivity index (χ4n) is 5.53. The number of halogens is 3. The fraction of sp³-hybridized carbons (Fsp3) is 0.143. The van der Waals surface area contributed by atoms with Crippen molar-refractivity contribution in [3.63, 3.8) is 0 Å². The highest BCUT2D eigenvalue weighted by atomic mass is 35.5. The van der Waals surface area contributed by atoms with Crippen molar-refractivity contribution >= 4 is 46.4 Å². The van der Waals surface area contributed by atoms with E-state index in [1.165, 1.54) is 21.9 Å². The highest BCUT2D eigenvalue weighted by Gasteiger charge is 2.35. The van der Waals surface area contributed by atoms with Gasteiger partial charge in [0.2, 0.25) is 5.91 Å². The Bertz CT molecular complexity index is 1760. The molecule has 2 amide bonds. The van der Waals surface area contributed by atoms with Crippen molar-refractivity contribution in [2.75, 3.05) is 13.1 Å². The molecule has 5 aromatic rings. The molecule has 6 rings (SSSR count). The average molecular weight is 630 g/mol. The summed E-state index contributed by atoms with van der Waals surface area (Å²) in [7, 11) is 0. The van der Waals surface area contributed by atoms with Crippen LogP contribution in [0, 0.1) is 5.82 Å². The summed E-state index contributed by atoms with van der Waals surface area (Å²) in [6, 6.07) is 30.2. The normalized spacial score (nSPS) is 14.3. The van der Waals surface area contributed by atoms with Crippen molar-refractivity contribution in [2.45, 2.75) is 19.0 Å². The van der Waals surface area contributed by atoms with Crippen molar-refractivity contribution in [2.24, 2.45) is 0 Å². The molecule has 43 heavy (non-hydrogen) atoms. The van der Waals surface area contributed by atoms with Crippen molar-refractivity contribution in [3.8, 4) is 11.1 Å². The number of benzene rings is 4. The van der Waals surface area contributed by atoms with Crippen LogP contribution < -0.4 is 0 Å². The van der Waals surface area contributed by atoms with Gasteiger partial charge in [0.1, 0.15) is 12.4 Å². The summed E-state index contributed by atoms with van der Waals surface area (Å²) in [5.74, 6) is -0.854. The number of thiophene rings is 1. The second-order valence-corrected chi connectivity index (χ2v) is 12.3. The van der Waals surface area contributed by atoms with E-state index >= 15 is 0 Å². The molecular weight excluding hydrogens is 602 g/mol. The SMILES string of the molecule is O=C(c1ccc(-c2ccccc2)cc1)N(CC(=O)N1CCc2sccc2C1c1ccc(Cl)cc1Cl)Cc1ccc(F)cc1. The van der Waals surface area contributed by atoms with Crippen molar-refractivity contribution < 1.29 is 14.0 Å². The molecule has 0 saturated heterocycles. The molecule has 1 aromatic heterocycles. The zero-order chi connectivity index (χ0) is 29.9. The van der Waals surface area contributed by atoms with Gasteiger partial charge in [-0.25, -0.2) is 4.39 Å². The summed E-state index contributed by atoms with van der Waals surface area (Å²) in [4.78, 5) is 32.6. The van der Waals surface area contributed by atoms with Gasteiger partial charge in [-0.2, -0.15) is 0 Å². The second-order valence-electron chi connectivity index (χ2n) is 10.4. The molecule has 0 N–H and O–H groups in total. The number of hydrogen-bond acceptors (Lipinski definition) is 3. The Hall–Kier alpha value is -3.97. The lowest BCUT2D eigenvalue weighted by molar-refractivity contribution is -0.134. The summed E-state index contributed by atoms with van der Waals surface area (Å²) in [6.07, 6.45) is 0.716.